The molecule has 0 aromatic carbocycles. The van der Waals surface area contributed by atoms with E-state index in [1.165, 1.54) is 5.57 Å². The van der Waals surface area contributed by atoms with Crippen LogP contribution in [0.2, 0.25) is 0 Å². The van der Waals surface area contributed by atoms with Crippen LogP contribution in [0.15, 0.2) is 18.5 Å². The van der Waals surface area contributed by atoms with Gasteiger partial charge in [-0.05, 0) is 30.9 Å². The van der Waals surface area contributed by atoms with E-state index in [-0.39, 0.29) is 6.10 Å². The smallest absolute Gasteiger partial charge is 0.135 e. The molecule has 0 fully saturated rings. The van der Waals surface area contributed by atoms with Gasteiger partial charge in [0, 0.05) is 18.9 Å². The summed E-state index contributed by atoms with van der Waals surface area (Å²) in [5, 5.41) is 9.41. The van der Waals surface area contributed by atoms with Crippen molar-refractivity contribution in [1.29, 1.82) is 0 Å². The average molecular weight is 192 g/mol. The lowest BCUT2D eigenvalue weighted by Crippen LogP contribution is -2.00. The number of imidazole rings is 1. The Kier molecular flexibility index (Phi) is 2.68. The van der Waals surface area contributed by atoms with E-state index in [1.807, 2.05) is 18.5 Å². The van der Waals surface area contributed by atoms with Crippen molar-refractivity contribution in [2.45, 2.75) is 38.8 Å². The first-order valence-electron chi connectivity index (χ1n) is 5.21. The second-order valence-electron chi connectivity index (χ2n) is 3.74. The molecule has 1 atom stereocenters. The molecule has 2 rings (SSSR count). The molecular weight excluding hydrogens is 176 g/mol. The molecule has 1 aromatic rings. The zero-order valence-corrected chi connectivity index (χ0v) is 8.48. The molecule has 3 nitrogen and oxygen atoms in total. The Labute approximate surface area is 84.1 Å². The third kappa shape index (κ3) is 1.73. The first-order chi connectivity index (χ1) is 6.81. The molecule has 76 valence electrons. The normalized spacial score (nSPS) is 21.3. The molecule has 0 spiro atoms. The van der Waals surface area contributed by atoms with Gasteiger partial charge in [-0.3, -0.25) is 0 Å². The number of aliphatic hydroxyl groups is 1. The highest BCUT2D eigenvalue weighted by atomic mass is 16.3. The molecule has 0 aliphatic heterocycles. The Morgan fingerprint density at radius 2 is 2.50 bits per heavy atom. The third-order valence-electron chi connectivity index (χ3n) is 2.57. The van der Waals surface area contributed by atoms with E-state index in [0.29, 0.717) is 0 Å². The van der Waals surface area contributed by atoms with Gasteiger partial charge in [0.05, 0.1) is 6.10 Å². The van der Waals surface area contributed by atoms with Crippen molar-refractivity contribution in [3.8, 4) is 0 Å². The minimum atomic E-state index is -0.267. The molecule has 1 unspecified atom stereocenters. The fraction of sp³-hybridized carbons (Fsp3) is 0.545. The number of aryl methyl sites for hydroxylation is 1. The summed E-state index contributed by atoms with van der Waals surface area (Å²) in [6.07, 6.45) is 8.39. The van der Waals surface area contributed by atoms with Gasteiger partial charge in [-0.2, -0.15) is 0 Å². The van der Waals surface area contributed by atoms with Crippen molar-refractivity contribution < 1.29 is 5.11 Å². The quantitative estimate of drug-likeness (QED) is 0.793. The fourth-order valence-electron chi connectivity index (χ4n) is 1.91. The van der Waals surface area contributed by atoms with Crippen molar-refractivity contribution in [2.75, 3.05) is 0 Å². The van der Waals surface area contributed by atoms with Crippen molar-refractivity contribution in [2.24, 2.45) is 0 Å². The second-order valence-corrected chi connectivity index (χ2v) is 3.74. The summed E-state index contributed by atoms with van der Waals surface area (Å²) in [4.78, 5) is 4.33. The molecule has 1 aliphatic rings. The maximum Gasteiger partial charge on any atom is 0.135 e. The zero-order chi connectivity index (χ0) is 9.97. The summed E-state index contributed by atoms with van der Waals surface area (Å²) in [6, 6.07) is 0. The van der Waals surface area contributed by atoms with Crippen LogP contribution in [-0.2, 0) is 6.54 Å². The van der Waals surface area contributed by atoms with E-state index in [4.69, 9.17) is 0 Å². The van der Waals surface area contributed by atoms with Crippen LogP contribution >= 0.6 is 0 Å². The molecule has 0 bridgehead atoms. The monoisotopic (exact) mass is 192 g/mol. The van der Waals surface area contributed by atoms with E-state index in [9.17, 15) is 5.11 Å². The SMILES string of the molecule is CCCn1ccnc1C1=CC(O)CC1. The molecule has 1 heterocycles. The third-order valence-corrected chi connectivity index (χ3v) is 2.57. The molecular formula is C11H16N2O. The predicted octanol–water partition coefficient (Wildman–Crippen LogP) is 1.83. The van der Waals surface area contributed by atoms with Gasteiger partial charge in [-0.15, -0.1) is 0 Å². The summed E-state index contributed by atoms with van der Waals surface area (Å²) >= 11 is 0. The van der Waals surface area contributed by atoms with E-state index in [1.54, 1.807) is 0 Å². The van der Waals surface area contributed by atoms with Crippen molar-refractivity contribution in [3.63, 3.8) is 0 Å². The van der Waals surface area contributed by atoms with Crippen LogP contribution in [0.1, 0.15) is 32.0 Å². The van der Waals surface area contributed by atoms with Gasteiger partial charge in [0.25, 0.3) is 0 Å². The number of hydrogen-bond acceptors (Lipinski definition) is 2. The second kappa shape index (κ2) is 3.96. The lowest BCUT2D eigenvalue weighted by Gasteiger charge is -2.05. The molecule has 0 amide bonds. The van der Waals surface area contributed by atoms with E-state index < -0.39 is 0 Å². The Morgan fingerprint density at radius 1 is 1.64 bits per heavy atom. The lowest BCUT2D eigenvalue weighted by atomic mass is 10.2. The summed E-state index contributed by atoms with van der Waals surface area (Å²) in [5.41, 5.74) is 1.19. The fourth-order valence-corrected chi connectivity index (χ4v) is 1.91. The predicted molar refractivity (Wildman–Crippen MR) is 55.7 cm³/mol. The maximum absolute atomic E-state index is 9.41. The van der Waals surface area contributed by atoms with Crippen LogP contribution in [0.5, 0.6) is 0 Å². The number of aromatic nitrogens is 2. The van der Waals surface area contributed by atoms with Crippen molar-refractivity contribution >= 4 is 5.57 Å². The van der Waals surface area contributed by atoms with Gasteiger partial charge in [-0.25, -0.2) is 4.98 Å². The molecule has 0 saturated heterocycles. The highest BCUT2D eigenvalue weighted by Crippen LogP contribution is 2.26. The van der Waals surface area contributed by atoms with E-state index in [0.717, 1.165) is 31.6 Å². The maximum atomic E-state index is 9.41. The zero-order valence-electron chi connectivity index (χ0n) is 8.48. The summed E-state index contributed by atoms with van der Waals surface area (Å²) in [7, 11) is 0. The minimum Gasteiger partial charge on any atom is -0.389 e. The number of hydrogen-bond donors (Lipinski definition) is 1. The first kappa shape index (κ1) is 9.46. The Balaban J connectivity index is 2.23. The average Bonchev–Trinajstić information content (AvgIpc) is 2.74. The number of aliphatic hydroxyl groups excluding tert-OH is 1. The van der Waals surface area contributed by atoms with Crippen LogP contribution in [0.25, 0.3) is 5.57 Å². The number of rotatable bonds is 3. The van der Waals surface area contributed by atoms with E-state index >= 15 is 0 Å². The molecule has 1 aliphatic carbocycles. The van der Waals surface area contributed by atoms with Crippen LogP contribution in [-0.4, -0.2) is 20.8 Å². The molecule has 14 heavy (non-hydrogen) atoms. The standard InChI is InChI=1S/C11H16N2O/c1-2-6-13-7-5-12-11(13)9-3-4-10(14)8-9/h5,7-8,10,14H,2-4,6H2,1H3. The van der Waals surface area contributed by atoms with Crippen molar-refractivity contribution in [3.05, 3.63) is 24.3 Å². The van der Waals surface area contributed by atoms with Crippen LogP contribution in [0.3, 0.4) is 0 Å². The van der Waals surface area contributed by atoms with Gasteiger partial charge in [0.15, 0.2) is 0 Å². The summed E-state index contributed by atoms with van der Waals surface area (Å²) in [5.74, 6) is 1.03. The van der Waals surface area contributed by atoms with Crippen LogP contribution in [0, 0.1) is 0 Å². The largest absolute Gasteiger partial charge is 0.389 e. The summed E-state index contributed by atoms with van der Waals surface area (Å²) in [6.45, 7) is 3.16. The van der Waals surface area contributed by atoms with Gasteiger partial charge in [0.2, 0.25) is 0 Å². The van der Waals surface area contributed by atoms with E-state index in [2.05, 4.69) is 16.5 Å². The molecule has 1 N–H and O–H groups in total. The van der Waals surface area contributed by atoms with Gasteiger partial charge >= 0.3 is 0 Å². The van der Waals surface area contributed by atoms with Crippen molar-refractivity contribution in [1.82, 2.24) is 9.55 Å². The number of allylic oxidation sites excluding steroid dienone is 1. The minimum absolute atomic E-state index is 0.267. The molecule has 3 heteroatoms. The van der Waals surface area contributed by atoms with Gasteiger partial charge in [0.1, 0.15) is 5.82 Å². The lowest BCUT2D eigenvalue weighted by molar-refractivity contribution is 0.223. The summed E-state index contributed by atoms with van der Waals surface area (Å²) < 4.78 is 2.16. The molecule has 1 aromatic heterocycles. The Bertz CT molecular complexity index is 341. The van der Waals surface area contributed by atoms with Gasteiger partial charge in [-0.1, -0.05) is 6.92 Å². The highest BCUT2D eigenvalue weighted by Gasteiger charge is 2.17. The topological polar surface area (TPSA) is 38.0 Å². The molecule has 0 radical (unpaired) electrons. The first-order valence-corrected chi connectivity index (χ1v) is 5.21. The Hall–Kier alpha value is -1.09. The van der Waals surface area contributed by atoms with Gasteiger partial charge < -0.3 is 9.67 Å². The molecule has 0 saturated carbocycles. The Morgan fingerprint density at radius 3 is 3.14 bits per heavy atom. The van der Waals surface area contributed by atoms with Crippen LogP contribution in [0.4, 0.5) is 0 Å². The van der Waals surface area contributed by atoms with Crippen LogP contribution < -0.4 is 0 Å². The number of nitrogens with zero attached hydrogens (tertiary/aromatic N) is 2. The highest BCUT2D eigenvalue weighted by molar-refractivity contribution is 5.63.